The zero-order valence-corrected chi connectivity index (χ0v) is 22.8. The van der Waals surface area contributed by atoms with Gasteiger partial charge in [-0.25, -0.2) is 14.2 Å². The van der Waals surface area contributed by atoms with Crippen molar-refractivity contribution in [2.45, 2.75) is 26.4 Å². The van der Waals surface area contributed by atoms with E-state index < -0.39 is 17.8 Å². The van der Waals surface area contributed by atoms with Crippen LogP contribution in [0.2, 0.25) is 0 Å². The van der Waals surface area contributed by atoms with Crippen LogP contribution in [0.15, 0.2) is 106 Å². The lowest BCUT2D eigenvalue weighted by Crippen LogP contribution is -2.39. The minimum atomic E-state index is -0.780. The number of hydrogen-bond acceptors (Lipinski definition) is 5. The number of rotatable bonds is 6. The number of allylic oxidation sites excluding steroid dienone is 1. The Morgan fingerprint density at radius 3 is 2.52 bits per heavy atom. The smallest absolute Gasteiger partial charge is 0.338 e. The highest BCUT2D eigenvalue weighted by atomic mass is 32.1. The summed E-state index contributed by atoms with van der Waals surface area (Å²) in [6.07, 6.45) is 3.95. The van der Waals surface area contributed by atoms with Crippen molar-refractivity contribution in [2.24, 2.45) is 4.99 Å². The van der Waals surface area contributed by atoms with Crippen LogP contribution in [0, 0.1) is 5.82 Å². The molecule has 1 atom stereocenters. The normalized spacial score (nSPS) is 15.3. The minimum Gasteiger partial charge on any atom is -0.463 e. The van der Waals surface area contributed by atoms with Gasteiger partial charge in [0, 0.05) is 29.2 Å². The van der Waals surface area contributed by atoms with Crippen LogP contribution in [-0.2, 0) is 16.1 Å². The van der Waals surface area contributed by atoms with Crippen LogP contribution in [0.3, 0.4) is 0 Å². The maximum absolute atomic E-state index is 14.0. The van der Waals surface area contributed by atoms with Crippen LogP contribution in [0.4, 0.5) is 4.39 Å². The Morgan fingerprint density at radius 1 is 1.05 bits per heavy atom. The van der Waals surface area contributed by atoms with Crippen molar-refractivity contribution in [3.8, 4) is 0 Å². The quantitative estimate of drug-likeness (QED) is 0.281. The van der Waals surface area contributed by atoms with Crippen molar-refractivity contribution in [3.05, 3.63) is 139 Å². The molecule has 2 aromatic heterocycles. The number of carbonyl (C=O) groups is 1. The van der Waals surface area contributed by atoms with Gasteiger partial charge in [0.05, 0.1) is 28.5 Å². The number of ether oxygens (including phenoxy) is 1. The Morgan fingerprint density at radius 2 is 1.77 bits per heavy atom. The van der Waals surface area contributed by atoms with Gasteiger partial charge in [0.25, 0.3) is 5.56 Å². The molecule has 3 aromatic carbocycles. The largest absolute Gasteiger partial charge is 0.463 e. The van der Waals surface area contributed by atoms with Crippen LogP contribution in [-0.4, -0.2) is 21.7 Å². The summed E-state index contributed by atoms with van der Waals surface area (Å²) in [6.45, 7) is 4.34. The van der Waals surface area contributed by atoms with Gasteiger partial charge in [-0.05, 0) is 49.2 Å². The third kappa shape index (κ3) is 4.60. The molecule has 0 radical (unpaired) electrons. The molecule has 0 aliphatic carbocycles. The Kier molecular flexibility index (Phi) is 6.77. The fraction of sp³-hybridized carbons (Fsp3) is 0.156. The van der Waals surface area contributed by atoms with Gasteiger partial charge in [-0.15, -0.1) is 0 Å². The number of fused-ring (bicyclic) bond motifs is 2. The summed E-state index contributed by atoms with van der Waals surface area (Å²) in [5.41, 5.74) is 4.23. The number of halogens is 1. The molecule has 0 saturated heterocycles. The molecule has 40 heavy (non-hydrogen) atoms. The molecule has 1 aliphatic heterocycles. The van der Waals surface area contributed by atoms with E-state index in [1.807, 2.05) is 42.5 Å². The van der Waals surface area contributed by atoms with Gasteiger partial charge >= 0.3 is 5.97 Å². The molecule has 0 saturated carbocycles. The van der Waals surface area contributed by atoms with Crippen molar-refractivity contribution >= 4 is 34.3 Å². The maximum atomic E-state index is 14.0. The third-order valence-corrected chi connectivity index (χ3v) is 7.99. The molecule has 0 amide bonds. The number of thiazole rings is 1. The molecule has 3 heterocycles. The fourth-order valence-electron chi connectivity index (χ4n) is 5.19. The number of aromatic nitrogens is 2. The molecule has 0 spiro atoms. The molecule has 1 aliphatic rings. The average molecular weight is 552 g/mol. The van der Waals surface area contributed by atoms with Gasteiger partial charge in [0.2, 0.25) is 0 Å². The first-order valence-corrected chi connectivity index (χ1v) is 13.8. The first kappa shape index (κ1) is 25.7. The summed E-state index contributed by atoms with van der Waals surface area (Å²) < 4.78 is 23.3. The van der Waals surface area contributed by atoms with Gasteiger partial charge < -0.3 is 9.30 Å². The van der Waals surface area contributed by atoms with Gasteiger partial charge in [-0.2, -0.15) is 0 Å². The number of carbonyl (C=O) groups excluding carboxylic acids is 1. The molecule has 0 bridgehead atoms. The maximum Gasteiger partial charge on any atom is 0.338 e. The lowest BCUT2D eigenvalue weighted by molar-refractivity contribution is -0.139. The third-order valence-electron chi connectivity index (χ3n) is 7.00. The summed E-state index contributed by atoms with van der Waals surface area (Å²) >= 11 is 1.27. The van der Waals surface area contributed by atoms with Gasteiger partial charge in [0.1, 0.15) is 5.82 Å². The monoisotopic (exact) mass is 551 g/mol. The molecule has 5 aromatic rings. The standard InChI is InChI=1S/C32H26FN3O3S/c1-3-39-31(38)28-20(2)34-32-36(29(28)22-13-15-24(33)16-14-22)30(37)27(40-32)17-23-19-35(18-21-9-5-4-6-10-21)26-12-8-7-11-25(23)26/h4-17,19,29H,3,18H2,1-2H3/b27-17-/t29-/m0/s1. The van der Waals surface area contributed by atoms with Crippen molar-refractivity contribution < 1.29 is 13.9 Å². The van der Waals surface area contributed by atoms with E-state index in [-0.39, 0.29) is 17.7 Å². The van der Waals surface area contributed by atoms with Crippen molar-refractivity contribution in [1.82, 2.24) is 9.13 Å². The first-order chi connectivity index (χ1) is 19.4. The molecule has 0 unspecified atom stereocenters. The van der Waals surface area contributed by atoms with Gasteiger partial charge in [0.15, 0.2) is 4.80 Å². The number of benzene rings is 3. The Bertz CT molecular complexity index is 1950. The van der Waals surface area contributed by atoms with Crippen molar-refractivity contribution in [2.75, 3.05) is 6.61 Å². The Labute approximate surface area is 233 Å². The molecular formula is C32H26FN3O3S. The van der Waals surface area contributed by atoms with E-state index in [1.165, 1.54) is 33.6 Å². The summed E-state index contributed by atoms with van der Waals surface area (Å²) in [5, 5.41) is 1.03. The number of hydrogen-bond donors (Lipinski definition) is 0. The summed E-state index contributed by atoms with van der Waals surface area (Å²) in [7, 11) is 0. The van der Waals surface area contributed by atoms with Crippen LogP contribution in [0.25, 0.3) is 17.0 Å². The lowest BCUT2D eigenvalue weighted by atomic mass is 9.96. The number of para-hydroxylation sites is 1. The minimum absolute atomic E-state index is 0.184. The predicted octanol–water partition coefficient (Wildman–Crippen LogP) is 4.94. The van der Waals surface area contributed by atoms with Gasteiger partial charge in [-0.3, -0.25) is 9.36 Å². The first-order valence-electron chi connectivity index (χ1n) is 13.0. The molecule has 8 heteroatoms. The second-order valence-electron chi connectivity index (χ2n) is 9.57. The van der Waals surface area contributed by atoms with E-state index in [2.05, 4.69) is 34.0 Å². The predicted molar refractivity (Wildman–Crippen MR) is 154 cm³/mol. The second kappa shape index (κ2) is 10.5. The molecule has 200 valence electrons. The SMILES string of the molecule is CCOC(=O)C1=C(C)N=c2s/c(=C\c3cn(Cc4ccccc4)c4ccccc34)c(=O)n2[C@H]1c1ccc(F)cc1. The number of nitrogens with zero attached hydrogens (tertiary/aromatic N) is 3. The van der Waals surface area contributed by atoms with Crippen molar-refractivity contribution in [1.29, 1.82) is 0 Å². The van der Waals surface area contributed by atoms with E-state index in [0.29, 0.717) is 27.1 Å². The highest BCUT2D eigenvalue weighted by Crippen LogP contribution is 2.31. The second-order valence-corrected chi connectivity index (χ2v) is 10.6. The van der Waals surface area contributed by atoms with E-state index in [9.17, 15) is 14.0 Å². The Hall–Kier alpha value is -4.56. The van der Waals surface area contributed by atoms with E-state index >= 15 is 0 Å². The summed E-state index contributed by atoms with van der Waals surface area (Å²) in [4.78, 5) is 32.1. The highest BCUT2D eigenvalue weighted by molar-refractivity contribution is 7.07. The van der Waals surface area contributed by atoms with Crippen LogP contribution in [0.5, 0.6) is 0 Å². The zero-order chi connectivity index (χ0) is 27.8. The fourth-order valence-corrected chi connectivity index (χ4v) is 6.23. The van der Waals surface area contributed by atoms with Crippen LogP contribution >= 0.6 is 11.3 Å². The molecule has 6 nitrogen and oxygen atoms in total. The van der Waals surface area contributed by atoms with E-state index in [4.69, 9.17) is 4.74 Å². The topological polar surface area (TPSA) is 65.6 Å². The van der Waals surface area contributed by atoms with Crippen LogP contribution in [0.1, 0.15) is 36.6 Å². The lowest BCUT2D eigenvalue weighted by Gasteiger charge is -2.24. The van der Waals surface area contributed by atoms with E-state index in [0.717, 1.165) is 16.5 Å². The molecule has 6 rings (SSSR count). The van der Waals surface area contributed by atoms with Gasteiger partial charge in [-0.1, -0.05) is 72.0 Å². The average Bonchev–Trinajstić information content (AvgIpc) is 3.45. The molecule has 0 fully saturated rings. The highest BCUT2D eigenvalue weighted by Gasteiger charge is 2.33. The van der Waals surface area contributed by atoms with E-state index in [1.54, 1.807) is 26.0 Å². The summed E-state index contributed by atoms with van der Waals surface area (Å²) in [5.74, 6) is -0.947. The van der Waals surface area contributed by atoms with Crippen LogP contribution < -0.4 is 14.9 Å². The Balaban J connectivity index is 1.52. The number of esters is 1. The summed E-state index contributed by atoms with van der Waals surface area (Å²) in [6, 6.07) is 23.4. The zero-order valence-electron chi connectivity index (χ0n) is 22.0. The molecule has 0 N–H and O–H groups in total. The molecular weight excluding hydrogens is 525 g/mol. The van der Waals surface area contributed by atoms with Crippen molar-refractivity contribution in [3.63, 3.8) is 0 Å².